The van der Waals surface area contributed by atoms with E-state index in [4.69, 9.17) is 11.6 Å². The van der Waals surface area contributed by atoms with E-state index in [1.807, 2.05) is 19.1 Å². The van der Waals surface area contributed by atoms with Gasteiger partial charge in [0.15, 0.2) is 9.84 Å². The molecule has 21 heavy (non-hydrogen) atoms. The summed E-state index contributed by atoms with van der Waals surface area (Å²) in [4.78, 5) is 0.388. The fourth-order valence-corrected chi connectivity index (χ4v) is 3.72. The number of rotatable bonds is 7. The van der Waals surface area contributed by atoms with Crippen LogP contribution in [0.1, 0.15) is 40.5 Å². The van der Waals surface area contributed by atoms with Gasteiger partial charge >= 0.3 is 0 Å². The summed E-state index contributed by atoms with van der Waals surface area (Å²) in [6.45, 7) is 8.36. The molecule has 0 aliphatic heterocycles. The third-order valence-corrected chi connectivity index (χ3v) is 5.62. The molecule has 0 bridgehead atoms. The van der Waals surface area contributed by atoms with Crippen molar-refractivity contribution in [3.63, 3.8) is 0 Å². The van der Waals surface area contributed by atoms with E-state index < -0.39 is 9.84 Å². The van der Waals surface area contributed by atoms with Gasteiger partial charge in [-0.05, 0) is 42.5 Å². The van der Waals surface area contributed by atoms with Gasteiger partial charge in [0.25, 0.3) is 0 Å². The molecule has 0 saturated heterocycles. The molecule has 0 fully saturated rings. The molecule has 0 aliphatic carbocycles. The van der Waals surface area contributed by atoms with Gasteiger partial charge in [-0.2, -0.15) is 0 Å². The predicted octanol–water partition coefficient (Wildman–Crippen LogP) is 4.33. The highest BCUT2D eigenvalue weighted by Gasteiger charge is 2.24. The molecule has 0 amide bonds. The van der Waals surface area contributed by atoms with E-state index in [2.05, 4.69) is 26.1 Å². The third kappa shape index (κ3) is 5.51. The highest BCUT2D eigenvalue weighted by Crippen LogP contribution is 2.26. The van der Waals surface area contributed by atoms with Gasteiger partial charge in [0.2, 0.25) is 0 Å². The van der Waals surface area contributed by atoms with Crippen molar-refractivity contribution in [3.8, 4) is 0 Å². The van der Waals surface area contributed by atoms with Gasteiger partial charge in [-0.15, -0.1) is 11.6 Å². The number of sulfone groups is 1. The summed E-state index contributed by atoms with van der Waals surface area (Å²) in [5.74, 6) is 0.786. The predicted molar refractivity (Wildman–Crippen MR) is 91.0 cm³/mol. The Morgan fingerprint density at radius 2 is 1.76 bits per heavy atom. The van der Waals surface area contributed by atoms with E-state index in [1.165, 1.54) is 0 Å². The summed E-state index contributed by atoms with van der Waals surface area (Å²) < 4.78 is 24.0. The van der Waals surface area contributed by atoms with Gasteiger partial charge in [-0.25, -0.2) is 8.42 Å². The van der Waals surface area contributed by atoms with E-state index in [0.29, 0.717) is 17.2 Å². The molecule has 1 unspecified atom stereocenters. The van der Waals surface area contributed by atoms with Crippen LogP contribution in [-0.2, 0) is 9.84 Å². The molecule has 0 aromatic heterocycles. The summed E-state index contributed by atoms with van der Waals surface area (Å²) in [6.07, 6.45) is 1.49. The van der Waals surface area contributed by atoms with Gasteiger partial charge in [-0.3, -0.25) is 0 Å². The Morgan fingerprint density at radius 3 is 2.19 bits per heavy atom. The van der Waals surface area contributed by atoms with Gasteiger partial charge in [-0.1, -0.05) is 27.7 Å². The summed E-state index contributed by atoms with van der Waals surface area (Å²) >= 11 is 5.87. The lowest BCUT2D eigenvalue weighted by molar-refractivity contribution is 0.334. The van der Waals surface area contributed by atoms with Crippen LogP contribution < -0.4 is 5.32 Å². The number of hydrogen-bond acceptors (Lipinski definition) is 3. The first-order valence-corrected chi connectivity index (χ1v) is 9.54. The number of benzene rings is 1. The summed E-state index contributed by atoms with van der Waals surface area (Å²) in [5.41, 5.74) is 1.01. The van der Waals surface area contributed by atoms with Crippen LogP contribution in [0.15, 0.2) is 29.2 Å². The molecule has 1 rings (SSSR count). The minimum atomic E-state index is -3.14. The maximum absolute atomic E-state index is 12.0. The van der Waals surface area contributed by atoms with E-state index in [9.17, 15) is 8.42 Å². The Morgan fingerprint density at radius 1 is 1.19 bits per heavy atom. The van der Waals surface area contributed by atoms with Crippen molar-refractivity contribution in [2.45, 2.75) is 51.5 Å². The smallest absolute Gasteiger partial charge is 0.178 e. The van der Waals surface area contributed by atoms with E-state index in [0.717, 1.165) is 12.1 Å². The second kappa shape index (κ2) is 7.50. The van der Waals surface area contributed by atoms with Gasteiger partial charge in [0.1, 0.15) is 0 Å². The van der Waals surface area contributed by atoms with Crippen molar-refractivity contribution in [3.05, 3.63) is 24.3 Å². The molecule has 0 heterocycles. The van der Waals surface area contributed by atoms with Crippen LogP contribution in [0.2, 0.25) is 0 Å². The van der Waals surface area contributed by atoms with E-state index in [-0.39, 0.29) is 17.2 Å². The third-order valence-electron chi connectivity index (χ3n) is 3.47. The molecule has 1 aromatic carbocycles. The SMILES string of the molecule is CCCS(=O)(=O)c1ccc(NC(CCCl)C(C)(C)C)cc1. The quantitative estimate of drug-likeness (QED) is 0.756. The molecular weight excluding hydrogens is 306 g/mol. The van der Waals surface area contributed by atoms with Gasteiger partial charge in [0.05, 0.1) is 10.6 Å². The van der Waals surface area contributed by atoms with Crippen molar-refractivity contribution < 1.29 is 8.42 Å². The second-order valence-electron chi connectivity index (χ2n) is 6.38. The van der Waals surface area contributed by atoms with Gasteiger partial charge in [0, 0.05) is 17.6 Å². The molecule has 120 valence electrons. The molecule has 0 radical (unpaired) electrons. The average Bonchev–Trinajstić information content (AvgIpc) is 2.37. The number of alkyl halides is 1. The Hall–Kier alpha value is -0.740. The lowest BCUT2D eigenvalue weighted by Gasteiger charge is -2.32. The minimum Gasteiger partial charge on any atom is -0.382 e. The minimum absolute atomic E-state index is 0.0852. The molecule has 1 N–H and O–H groups in total. The Bertz CT molecular complexity index is 532. The summed E-state index contributed by atoms with van der Waals surface area (Å²) in [7, 11) is -3.14. The van der Waals surface area contributed by atoms with E-state index >= 15 is 0 Å². The zero-order valence-electron chi connectivity index (χ0n) is 13.3. The van der Waals surface area contributed by atoms with Crippen molar-refractivity contribution in [1.29, 1.82) is 0 Å². The monoisotopic (exact) mass is 331 g/mol. The van der Waals surface area contributed by atoms with Crippen molar-refractivity contribution in [1.82, 2.24) is 0 Å². The average molecular weight is 332 g/mol. The highest BCUT2D eigenvalue weighted by atomic mass is 35.5. The normalized spacial score (nSPS) is 14.0. The largest absolute Gasteiger partial charge is 0.382 e. The molecule has 0 aliphatic rings. The first-order chi connectivity index (χ1) is 9.70. The van der Waals surface area contributed by atoms with Crippen LogP contribution in [0, 0.1) is 5.41 Å². The first-order valence-electron chi connectivity index (χ1n) is 7.36. The molecule has 3 nitrogen and oxygen atoms in total. The van der Waals surface area contributed by atoms with Crippen LogP contribution in [0.25, 0.3) is 0 Å². The first kappa shape index (κ1) is 18.3. The fraction of sp³-hybridized carbons (Fsp3) is 0.625. The lowest BCUT2D eigenvalue weighted by atomic mass is 9.85. The fourth-order valence-electron chi connectivity index (χ4n) is 2.18. The maximum Gasteiger partial charge on any atom is 0.178 e. The summed E-state index contributed by atoms with van der Waals surface area (Å²) in [6, 6.07) is 7.25. The molecule has 0 saturated carbocycles. The maximum atomic E-state index is 12.0. The summed E-state index contributed by atoms with van der Waals surface area (Å²) in [5, 5.41) is 3.45. The van der Waals surface area contributed by atoms with Crippen molar-refractivity contribution in [2.75, 3.05) is 16.9 Å². The zero-order chi connectivity index (χ0) is 16.1. The van der Waals surface area contributed by atoms with Crippen LogP contribution in [0.4, 0.5) is 5.69 Å². The lowest BCUT2D eigenvalue weighted by Crippen LogP contribution is -2.34. The van der Waals surface area contributed by atoms with Crippen LogP contribution >= 0.6 is 11.6 Å². The number of halogens is 1. The molecule has 1 aromatic rings. The van der Waals surface area contributed by atoms with Crippen molar-refractivity contribution in [2.24, 2.45) is 5.41 Å². The Balaban J connectivity index is 2.87. The Labute approximate surface area is 134 Å². The van der Waals surface area contributed by atoms with Crippen LogP contribution in [0.5, 0.6) is 0 Å². The zero-order valence-corrected chi connectivity index (χ0v) is 14.9. The second-order valence-corrected chi connectivity index (χ2v) is 8.87. The molecule has 0 spiro atoms. The number of anilines is 1. The molecule has 5 heteroatoms. The Kier molecular flexibility index (Phi) is 6.54. The van der Waals surface area contributed by atoms with Crippen LogP contribution in [0.3, 0.4) is 0 Å². The standard InChI is InChI=1S/C16H26ClNO2S/c1-5-12-21(19,20)14-8-6-13(7-9-14)18-15(10-11-17)16(2,3)4/h6-9,15,18H,5,10-12H2,1-4H3. The number of hydrogen-bond donors (Lipinski definition) is 1. The van der Waals surface area contributed by atoms with Crippen LogP contribution in [-0.4, -0.2) is 26.1 Å². The number of nitrogens with one attached hydrogen (secondary N) is 1. The highest BCUT2D eigenvalue weighted by molar-refractivity contribution is 7.91. The molecule has 1 atom stereocenters. The van der Waals surface area contributed by atoms with Crippen molar-refractivity contribution >= 4 is 27.1 Å². The van der Waals surface area contributed by atoms with E-state index in [1.54, 1.807) is 12.1 Å². The topological polar surface area (TPSA) is 46.2 Å². The van der Waals surface area contributed by atoms with Gasteiger partial charge < -0.3 is 5.32 Å². The molecular formula is C16H26ClNO2S.